The number of rotatable bonds is 4. The molecule has 0 spiro atoms. The molecule has 0 atom stereocenters. The molecule has 2 rings (SSSR count). The van der Waals surface area contributed by atoms with Crippen molar-refractivity contribution in [1.29, 1.82) is 0 Å². The molecule has 108 valence electrons. The van der Waals surface area contributed by atoms with Crippen LogP contribution in [0.15, 0.2) is 42.7 Å². The number of halogens is 3. The quantitative estimate of drug-likeness (QED) is 0.753. The van der Waals surface area contributed by atoms with Crippen LogP contribution in [0.3, 0.4) is 0 Å². The van der Waals surface area contributed by atoms with Gasteiger partial charge in [-0.3, -0.25) is 4.72 Å². The second-order valence-corrected chi connectivity index (χ2v) is 7.42. The van der Waals surface area contributed by atoms with Gasteiger partial charge in [0.1, 0.15) is 10.7 Å². The molecular formula is C11H9Br2ClN2O3S. The molecule has 5 nitrogen and oxygen atoms in total. The Bertz CT molecular complexity index is 746. The summed E-state index contributed by atoms with van der Waals surface area (Å²) in [6.45, 7) is 0.109. The van der Waals surface area contributed by atoms with Crippen LogP contribution in [0.5, 0.6) is 0 Å². The molecule has 0 bridgehead atoms. The normalized spacial score (nSPS) is 11.6. The molecule has 2 aromatic rings. The number of hydrogen-bond acceptors (Lipinski definition) is 4. The maximum absolute atomic E-state index is 12.3. The van der Waals surface area contributed by atoms with Gasteiger partial charge in [0.15, 0.2) is 4.67 Å². The summed E-state index contributed by atoms with van der Waals surface area (Å²) in [6, 6.07) is 6.11. The van der Waals surface area contributed by atoms with Crippen molar-refractivity contribution < 1.29 is 12.8 Å². The minimum Gasteiger partial charge on any atom is -0.452 e. The van der Waals surface area contributed by atoms with Crippen LogP contribution < -0.4 is 10.5 Å². The Morgan fingerprint density at radius 1 is 1.30 bits per heavy atom. The van der Waals surface area contributed by atoms with Crippen LogP contribution in [0.25, 0.3) is 0 Å². The fourth-order valence-corrected chi connectivity index (χ4v) is 3.93. The van der Waals surface area contributed by atoms with E-state index in [0.29, 0.717) is 20.9 Å². The van der Waals surface area contributed by atoms with Crippen molar-refractivity contribution in [1.82, 2.24) is 0 Å². The van der Waals surface area contributed by atoms with Gasteiger partial charge >= 0.3 is 0 Å². The number of anilines is 1. The van der Waals surface area contributed by atoms with E-state index in [1.165, 1.54) is 12.1 Å². The first-order chi connectivity index (χ1) is 9.33. The largest absolute Gasteiger partial charge is 0.452 e. The molecule has 3 N–H and O–H groups in total. The smallest absolute Gasteiger partial charge is 0.266 e. The fourth-order valence-electron chi connectivity index (χ4n) is 1.45. The first-order valence-electron chi connectivity index (χ1n) is 5.29. The standard InChI is InChI=1S/C11H9Br2ClN2O3S/c12-8-2-1-6(3-9(8)14)16-20(17,18)10-4-7(5-15)19-11(10)13/h1-4,16H,5,15H2. The molecule has 0 aliphatic rings. The summed E-state index contributed by atoms with van der Waals surface area (Å²) in [6.07, 6.45) is 0. The minimum atomic E-state index is -3.78. The summed E-state index contributed by atoms with van der Waals surface area (Å²) in [7, 11) is -3.78. The number of sulfonamides is 1. The zero-order valence-corrected chi connectivity index (χ0v) is 14.6. The van der Waals surface area contributed by atoms with E-state index in [-0.39, 0.29) is 16.1 Å². The van der Waals surface area contributed by atoms with E-state index in [1.54, 1.807) is 12.1 Å². The molecule has 1 aromatic carbocycles. The van der Waals surface area contributed by atoms with Gasteiger partial charge in [0, 0.05) is 10.5 Å². The molecule has 0 amide bonds. The molecule has 1 aromatic heterocycles. The fraction of sp³-hybridized carbons (Fsp3) is 0.0909. The lowest BCUT2D eigenvalue weighted by Crippen LogP contribution is -2.12. The minimum absolute atomic E-state index is 0.0167. The van der Waals surface area contributed by atoms with Gasteiger partial charge in [-0.05, 0) is 50.1 Å². The number of nitrogens with one attached hydrogen (secondary N) is 1. The Morgan fingerprint density at radius 2 is 2.00 bits per heavy atom. The van der Waals surface area contributed by atoms with E-state index in [4.69, 9.17) is 21.8 Å². The van der Waals surface area contributed by atoms with Crippen LogP contribution in [-0.4, -0.2) is 8.42 Å². The maximum Gasteiger partial charge on any atom is 0.266 e. The predicted molar refractivity (Wildman–Crippen MR) is 84.3 cm³/mol. The molecule has 0 aliphatic heterocycles. The summed E-state index contributed by atoms with van der Waals surface area (Å²) in [5.41, 5.74) is 5.76. The van der Waals surface area contributed by atoms with E-state index in [1.807, 2.05) is 0 Å². The second-order valence-electron chi connectivity index (χ2n) is 3.79. The van der Waals surface area contributed by atoms with E-state index in [0.717, 1.165) is 0 Å². The Labute approximate surface area is 137 Å². The van der Waals surface area contributed by atoms with Crippen LogP contribution in [0.2, 0.25) is 5.02 Å². The topological polar surface area (TPSA) is 85.3 Å². The van der Waals surface area contributed by atoms with Gasteiger partial charge in [0.05, 0.1) is 17.3 Å². The van der Waals surface area contributed by atoms with E-state index >= 15 is 0 Å². The summed E-state index contributed by atoms with van der Waals surface area (Å²) < 4.78 is 32.9. The number of nitrogens with two attached hydrogens (primary N) is 1. The van der Waals surface area contributed by atoms with Crippen LogP contribution >= 0.6 is 43.5 Å². The van der Waals surface area contributed by atoms with Gasteiger partial charge in [0.2, 0.25) is 0 Å². The van der Waals surface area contributed by atoms with Crippen molar-refractivity contribution in [2.45, 2.75) is 11.4 Å². The summed E-state index contributed by atoms with van der Waals surface area (Å²) in [5, 5.41) is 0.402. The summed E-state index contributed by atoms with van der Waals surface area (Å²) >= 11 is 12.2. The average Bonchev–Trinajstić information content (AvgIpc) is 2.76. The summed E-state index contributed by atoms with van der Waals surface area (Å²) in [4.78, 5) is -0.0167. The molecule has 0 aliphatic carbocycles. The molecule has 0 fully saturated rings. The first kappa shape index (κ1) is 15.8. The molecule has 0 saturated heterocycles. The predicted octanol–water partition coefficient (Wildman–Crippen LogP) is 3.72. The molecular weight excluding hydrogens is 435 g/mol. The SMILES string of the molecule is NCc1cc(S(=O)(=O)Nc2ccc(Br)c(Cl)c2)c(Br)o1. The average molecular weight is 445 g/mol. The molecule has 20 heavy (non-hydrogen) atoms. The highest BCUT2D eigenvalue weighted by Crippen LogP contribution is 2.30. The lowest BCUT2D eigenvalue weighted by atomic mass is 10.3. The molecule has 1 heterocycles. The summed E-state index contributed by atoms with van der Waals surface area (Å²) in [5.74, 6) is 0.367. The van der Waals surface area contributed by atoms with Gasteiger partial charge in [0.25, 0.3) is 10.0 Å². The Kier molecular flexibility index (Phi) is 4.80. The third kappa shape index (κ3) is 3.37. The number of furan rings is 1. The van der Waals surface area contributed by atoms with E-state index < -0.39 is 10.0 Å². The van der Waals surface area contributed by atoms with Gasteiger partial charge in [-0.25, -0.2) is 8.42 Å². The maximum atomic E-state index is 12.3. The van der Waals surface area contributed by atoms with Crippen LogP contribution in [0.1, 0.15) is 5.76 Å². The number of benzene rings is 1. The highest BCUT2D eigenvalue weighted by Gasteiger charge is 2.22. The molecule has 0 saturated carbocycles. The first-order valence-corrected chi connectivity index (χ1v) is 8.74. The highest BCUT2D eigenvalue weighted by molar-refractivity contribution is 9.10. The third-order valence-corrected chi connectivity index (χ3v) is 5.84. The van der Waals surface area contributed by atoms with Crippen LogP contribution in [-0.2, 0) is 16.6 Å². The Balaban J connectivity index is 2.35. The van der Waals surface area contributed by atoms with Gasteiger partial charge in [-0.1, -0.05) is 11.6 Å². The van der Waals surface area contributed by atoms with Crippen molar-refractivity contribution in [2.24, 2.45) is 5.73 Å². The molecule has 0 radical (unpaired) electrons. The van der Waals surface area contributed by atoms with Crippen molar-refractivity contribution >= 4 is 59.2 Å². The van der Waals surface area contributed by atoms with E-state index in [2.05, 4.69) is 36.6 Å². The van der Waals surface area contributed by atoms with Crippen molar-refractivity contribution in [3.8, 4) is 0 Å². The zero-order valence-electron chi connectivity index (χ0n) is 9.86. The van der Waals surface area contributed by atoms with Gasteiger partial charge in [-0.2, -0.15) is 0 Å². The lowest BCUT2D eigenvalue weighted by molar-refractivity contribution is 0.484. The Hall–Kier alpha value is -0.540. The molecule has 0 unspecified atom stereocenters. The monoisotopic (exact) mass is 442 g/mol. The van der Waals surface area contributed by atoms with Crippen LogP contribution in [0, 0.1) is 0 Å². The number of hydrogen-bond donors (Lipinski definition) is 2. The Morgan fingerprint density at radius 3 is 2.55 bits per heavy atom. The second kappa shape index (κ2) is 6.07. The lowest BCUT2D eigenvalue weighted by Gasteiger charge is -2.07. The van der Waals surface area contributed by atoms with Gasteiger partial charge < -0.3 is 10.2 Å². The molecule has 9 heteroatoms. The van der Waals surface area contributed by atoms with Crippen molar-refractivity contribution in [2.75, 3.05) is 4.72 Å². The van der Waals surface area contributed by atoms with E-state index in [9.17, 15) is 8.42 Å². The zero-order chi connectivity index (χ0) is 14.9. The van der Waals surface area contributed by atoms with Gasteiger partial charge in [-0.15, -0.1) is 0 Å². The third-order valence-electron chi connectivity index (χ3n) is 2.37. The van der Waals surface area contributed by atoms with Crippen molar-refractivity contribution in [3.63, 3.8) is 0 Å². The van der Waals surface area contributed by atoms with Crippen molar-refractivity contribution in [3.05, 3.63) is 44.2 Å². The van der Waals surface area contributed by atoms with Crippen LogP contribution in [0.4, 0.5) is 5.69 Å². The highest BCUT2D eigenvalue weighted by atomic mass is 79.9.